The van der Waals surface area contributed by atoms with Gasteiger partial charge in [-0.3, -0.25) is 0 Å². The van der Waals surface area contributed by atoms with Crippen molar-refractivity contribution >= 4 is 11.7 Å². The third kappa shape index (κ3) is 4.82. The summed E-state index contributed by atoms with van der Waals surface area (Å²) in [7, 11) is 0. The fourth-order valence-electron chi connectivity index (χ4n) is 2.20. The molecule has 0 aliphatic rings. The molecule has 0 unspecified atom stereocenters. The van der Waals surface area contributed by atoms with Gasteiger partial charge in [-0.1, -0.05) is 19.4 Å². The van der Waals surface area contributed by atoms with Gasteiger partial charge in [-0.05, 0) is 31.5 Å². The van der Waals surface area contributed by atoms with Gasteiger partial charge in [-0.25, -0.2) is 9.78 Å². The average Bonchev–Trinajstić information content (AvgIpc) is 2.98. The van der Waals surface area contributed by atoms with Crippen molar-refractivity contribution in [1.82, 2.24) is 9.88 Å². The number of hydrogen-bond donors (Lipinski definition) is 2. The van der Waals surface area contributed by atoms with Gasteiger partial charge in [-0.2, -0.15) is 0 Å². The standard InChI is InChI=1S/C17H23N3O3/c1-3-4-8-20(9-10-21)17(22)19-15-7-5-6-14(11-15)16-18-13(2)12-23-16/h5-7,11-12,21H,3-4,8-10H2,1-2H3,(H,19,22). The van der Waals surface area contributed by atoms with Crippen LogP contribution in [0.5, 0.6) is 0 Å². The predicted octanol–water partition coefficient (Wildman–Crippen LogP) is 3.28. The number of carbonyl (C=O) groups excluding carboxylic acids is 1. The van der Waals surface area contributed by atoms with Gasteiger partial charge in [0.05, 0.1) is 12.3 Å². The molecule has 0 atom stereocenters. The van der Waals surface area contributed by atoms with E-state index < -0.39 is 0 Å². The zero-order valence-electron chi connectivity index (χ0n) is 13.6. The Morgan fingerprint density at radius 3 is 2.87 bits per heavy atom. The number of amides is 2. The van der Waals surface area contributed by atoms with Crippen molar-refractivity contribution in [3.8, 4) is 11.5 Å². The van der Waals surface area contributed by atoms with Crippen LogP contribution in [-0.4, -0.2) is 40.7 Å². The van der Waals surface area contributed by atoms with Crippen LogP contribution in [0.3, 0.4) is 0 Å². The number of carbonyl (C=O) groups is 1. The van der Waals surface area contributed by atoms with E-state index in [2.05, 4.69) is 17.2 Å². The third-order valence-corrected chi connectivity index (χ3v) is 3.42. The molecule has 6 heteroatoms. The summed E-state index contributed by atoms with van der Waals surface area (Å²) in [5.74, 6) is 0.525. The quantitative estimate of drug-likeness (QED) is 0.821. The number of benzene rings is 1. The van der Waals surface area contributed by atoms with E-state index in [1.165, 1.54) is 0 Å². The van der Waals surface area contributed by atoms with E-state index in [0.717, 1.165) is 24.1 Å². The number of rotatable bonds is 7. The zero-order valence-corrected chi connectivity index (χ0v) is 13.6. The zero-order chi connectivity index (χ0) is 16.7. The van der Waals surface area contributed by atoms with Gasteiger partial charge in [0.1, 0.15) is 6.26 Å². The summed E-state index contributed by atoms with van der Waals surface area (Å²) in [6.45, 7) is 4.83. The van der Waals surface area contributed by atoms with E-state index in [9.17, 15) is 4.79 Å². The molecule has 1 aromatic heterocycles. The van der Waals surface area contributed by atoms with Crippen LogP contribution in [0.1, 0.15) is 25.5 Å². The van der Waals surface area contributed by atoms with Gasteiger partial charge in [0.2, 0.25) is 5.89 Å². The van der Waals surface area contributed by atoms with Gasteiger partial charge in [0.15, 0.2) is 0 Å². The molecule has 0 saturated carbocycles. The van der Waals surface area contributed by atoms with Crippen molar-refractivity contribution in [2.45, 2.75) is 26.7 Å². The highest BCUT2D eigenvalue weighted by molar-refractivity contribution is 5.90. The Labute approximate surface area is 136 Å². The van der Waals surface area contributed by atoms with Crippen LogP contribution in [0, 0.1) is 6.92 Å². The molecule has 0 fully saturated rings. The molecule has 0 radical (unpaired) electrons. The molecule has 2 aromatic rings. The molecule has 0 spiro atoms. The topological polar surface area (TPSA) is 78.6 Å². The van der Waals surface area contributed by atoms with E-state index in [1.54, 1.807) is 11.2 Å². The van der Waals surface area contributed by atoms with Crippen LogP contribution < -0.4 is 5.32 Å². The highest BCUT2D eigenvalue weighted by Gasteiger charge is 2.13. The maximum atomic E-state index is 12.3. The number of anilines is 1. The van der Waals surface area contributed by atoms with Crippen LogP contribution in [0.2, 0.25) is 0 Å². The van der Waals surface area contributed by atoms with Crippen LogP contribution in [0.15, 0.2) is 34.9 Å². The molecule has 0 aliphatic carbocycles. The summed E-state index contributed by atoms with van der Waals surface area (Å²) < 4.78 is 5.38. The normalized spacial score (nSPS) is 10.6. The summed E-state index contributed by atoms with van der Waals surface area (Å²) in [6, 6.07) is 7.14. The molecule has 0 saturated heterocycles. The largest absolute Gasteiger partial charge is 0.444 e. The molecular formula is C17H23N3O3. The van der Waals surface area contributed by atoms with Gasteiger partial charge >= 0.3 is 6.03 Å². The Hall–Kier alpha value is -2.34. The van der Waals surface area contributed by atoms with E-state index in [-0.39, 0.29) is 12.6 Å². The lowest BCUT2D eigenvalue weighted by Gasteiger charge is -2.22. The van der Waals surface area contributed by atoms with Crippen molar-refractivity contribution in [3.63, 3.8) is 0 Å². The lowest BCUT2D eigenvalue weighted by molar-refractivity contribution is 0.187. The Kier molecular flexibility index (Phi) is 6.17. The molecule has 1 heterocycles. The van der Waals surface area contributed by atoms with Crippen LogP contribution >= 0.6 is 0 Å². The smallest absolute Gasteiger partial charge is 0.321 e. The van der Waals surface area contributed by atoms with Gasteiger partial charge < -0.3 is 19.7 Å². The van der Waals surface area contributed by atoms with Crippen molar-refractivity contribution in [2.24, 2.45) is 0 Å². The number of unbranched alkanes of at least 4 members (excludes halogenated alkanes) is 1. The number of nitrogens with one attached hydrogen (secondary N) is 1. The summed E-state index contributed by atoms with van der Waals surface area (Å²) in [4.78, 5) is 18.2. The van der Waals surface area contributed by atoms with Crippen LogP contribution in [-0.2, 0) is 0 Å². The first-order valence-electron chi connectivity index (χ1n) is 7.83. The summed E-state index contributed by atoms with van der Waals surface area (Å²) in [5.41, 5.74) is 2.28. The van der Waals surface area contributed by atoms with Gasteiger partial charge in [0, 0.05) is 24.3 Å². The fourth-order valence-corrected chi connectivity index (χ4v) is 2.20. The van der Waals surface area contributed by atoms with E-state index >= 15 is 0 Å². The maximum absolute atomic E-state index is 12.3. The lowest BCUT2D eigenvalue weighted by Crippen LogP contribution is -2.37. The second-order valence-electron chi connectivity index (χ2n) is 5.37. The second-order valence-corrected chi connectivity index (χ2v) is 5.37. The minimum Gasteiger partial charge on any atom is -0.444 e. The number of urea groups is 1. The first-order valence-corrected chi connectivity index (χ1v) is 7.83. The Balaban J connectivity index is 2.08. The van der Waals surface area contributed by atoms with Crippen molar-refractivity contribution < 1.29 is 14.3 Å². The molecule has 2 N–H and O–H groups in total. The summed E-state index contributed by atoms with van der Waals surface area (Å²) in [6.07, 6.45) is 3.49. The Morgan fingerprint density at radius 1 is 1.39 bits per heavy atom. The second kappa shape index (κ2) is 8.33. The molecular weight excluding hydrogens is 294 g/mol. The third-order valence-electron chi connectivity index (χ3n) is 3.42. The minimum atomic E-state index is -0.215. The first kappa shape index (κ1) is 17.0. The molecule has 2 amide bonds. The molecule has 23 heavy (non-hydrogen) atoms. The number of oxazole rings is 1. The molecule has 1 aromatic carbocycles. The SMILES string of the molecule is CCCCN(CCO)C(=O)Nc1cccc(-c2nc(C)co2)c1. The monoisotopic (exact) mass is 317 g/mol. The summed E-state index contributed by atoms with van der Waals surface area (Å²) >= 11 is 0. The number of aliphatic hydroxyl groups excluding tert-OH is 1. The van der Waals surface area contributed by atoms with Gasteiger partial charge in [0.25, 0.3) is 0 Å². The van der Waals surface area contributed by atoms with E-state index in [0.29, 0.717) is 24.7 Å². The first-order chi connectivity index (χ1) is 11.1. The number of aromatic nitrogens is 1. The fraction of sp³-hybridized carbons (Fsp3) is 0.412. The minimum absolute atomic E-state index is 0.0488. The number of aryl methyl sites for hydroxylation is 1. The maximum Gasteiger partial charge on any atom is 0.321 e. The number of hydrogen-bond acceptors (Lipinski definition) is 4. The highest BCUT2D eigenvalue weighted by Crippen LogP contribution is 2.22. The molecule has 124 valence electrons. The van der Waals surface area contributed by atoms with E-state index in [1.807, 2.05) is 31.2 Å². The molecule has 0 bridgehead atoms. The van der Waals surface area contributed by atoms with Gasteiger partial charge in [-0.15, -0.1) is 0 Å². The molecule has 6 nitrogen and oxygen atoms in total. The van der Waals surface area contributed by atoms with Crippen molar-refractivity contribution in [2.75, 3.05) is 25.0 Å². The Morgan fingerprint density at radius 2 is 2.22 bits per heavy atom. The number of aliphatic hydroxyl groups is 1. The lowest BCUT2D eigenvalue weighted by atomic mass is 10.2. The van der Waals surface area contributed by atoms with Crippen molar-refractivity contribution in [3.05, 3.63) is 36.2 Å². The molecule has 2 rings (SSSR count). The Bertz CT molecular complexity index is 640. The van der Waals surface area contributed by atoms with E-state index in [4.69, 9.17) is 9.52 Å². The number of nitrogens with zero attached hydrogens (tertiary/aromatic N) is 2. The average molecular weight is 317 g/mol. The predicted molar refractivity (Wildman–Crippen MR) is 89.3 cm³/mol. The van der Waals surface area contributed by atoms with Crippen molar-refractivity contribution in [1.29, 1.82) is 0 Å². The summed E-state index contributed by atoms with van der Waals surface area (Å²) in [5, 5.41) is 12.0. The van der Waals surface area contributed by atoms with Crippen LogP contribution in [0.4, 0.5) is 10.5 Å². The highest BCUT2D eigenvalue weighted by atomic mass is 16.3. The molecule has 0 aliphatic heterocycles. The van der Waals surface area contributed by atoms with Crippen LogP contribution in [0.25, 0.3) is 11.5 Å².